The van der Waals surface area contributed by atoms with Gasteiger partial charge in [0.15, 0.2) is 5.84 Å². The van der Waals surface area contributed by atoms with E-state index >= 15 is 0 Å². The van der Waals surface area contributed by atoms with Gasteiger partial charge in [-0.1, -0.05) is 37.3 Å². The van der Waals surface area contributed by atoms with E-state index in [2.05, 4.69) is 15.5 Å². The van der Waals surface area contributed by atoms with Crippen LogP contribution in [0.1, 0.15) is 55.4 Å². The van der Waals surface area contributed by atoms with Gasteiger partial charge in [0, 0.05) is 13.2 Å². The minimum atomic E-state index is -0.774. The molecule has 1 aliphatic rings. The third-order valence-electron chi connectivity index (χ3n) is 4.10. The molecule has 0 spiro atoms. The quantitative estimate of drug-likeness (QED) is 0.339. The normalized spacial score (nSPS) is 19.6. The van der Waals surface area contributed by atoms with Gasteiger partial charge in [-0.3, -0.25) is 4.79 Å². The molecule has 0 saturated heterocycles. The maximum absolute atomic E-state index is 12.4. The fourth-order valence-corrected chi connectivity index (χ4v) is 2.86. The first kappa shape index (κ1) is 15.3. The van der Waals surface area contributed by atoms with Crippen LogP contribution in [0.5, 0.6) is 0 Å². The molecule has 1 amide bonds. The average Bonchev–Trinajstić information content (AvgIpc) is 2.88. The van der Waals surface area contributed by atoms with Crippen molar-refractivity contribution in [3.63, 3.8) is 0 Å². The van der Waals surface area contributed by atoms with Crippen molar-refractivity contribution in [2.75, 3.05) is 0 Å². The van der Waals surface area contributed by atoms with Crippen LogP contribution in [0.3, 0.4) is 0 Å². The highest BCUT2D eigenvalue weighted by molar-refractivity contribution is 5.99. The molecule has 21 heavy (non-hydrogen) atoms. The molecule has 0 aliphatic heterocycles. The first-order valence-electron chi connectivity index (χ1n) is 7.36. The lowest BCUT2D eigenvalue weighted by Crippen LogP contribution is -2.57. The number of oxime groups is 1. The lowest BCUT2D eigenvalue weighted by Gasteiger charge is -2.34. The van der Waals surface area contributed by atoms with Gasteiger partial charge >= 0.3 is 0 Å². The van der Waals surface area contributed by atoms with Gasteiger partial charge in [0.1, 0.15) is 11.2 Å². The van der Waals surface area contributed by atoms with Crippen LogP contribution in [0.4, 0.5) is 0 Å². The van der Waals surface area contributed by atoms with Gasteiger partial charge in [0.05, 0.1) is 6.33 Å². The molecule has 1 saturated carbocycles. The lowest BCUT2D eigenvalue weighted by atomic mass is 9.82. The number of hydrogen-bond donors (Lipinski definition) is 3. The van der Waals surface area contributed by atoms with E-state index in [1.165, 1.54) is 6.42 Å². The summed E-state index contributed by atoms with van der Waals surface area (Å²) in [6.07, 6.45) is 9.86. The Morgan fingerprint density at radius 1 is 1.38 bits per heavy atom. The van der Waals surface area contributed by atoms with Gasteiger partial charge in [-0.25, -0.2) is 4.98 Å². The molecule has 1 aliphatic carbocycles. The maximum Gasteiger partial charge on any atom is 0.272 e. The summed E-state index contributed by atoms with van der Waals surface area (Å²) in [7, 11) is 1.80. The number of nitrogens with zero attached hydrogens (tertiary/aromatic N) is 3. The number of imidazole rings is 1. The van der Waals surface area contributed by atoms with Crippen LogP contribution in [-0.2, 0) is 7.05 Å². The maximum atomic E-state index is 12.4. The highest BCUT2D eigenvalue weighted by Gasteiger charge is 2.37. The first-order chi connectivity index (χ1) is 10.1. The van der Waals surface area contributed by atoms with Crippen LogP contribution in [-0.4, -0.2) is 32.0 Å². The van der Waals surface area contributed by atoms with E-state index in [1.54, 1.807) is 24.1 Å². The third kappa shape index (κ3) is 3.53. The van der Waals surface area contributed by atoms with Crippen LogP contribution in [0, 0.1) is 0 Å². The number of nitrogens with one attached hydrogen (secondary N) is 1. The predicted octanol–water partition coefficient (Wildman–Crippen LogP) is 1.38. The van der Waals surface area contributed by atoms with E-state index in [0.29, 0.717) is 18.5 Å². The molecule has 0 radical (unpaired) electrons. The second kappa shape index (κ2) is 6.60. The Labute approximate surface area is 124 Å². The summed E-state index contributed by atoms with van der Waals surface area (Å²) in [5.74, 6) is -0.212. The van der Waals surface area contributed by atoms with Gasteiger partial charge in [0.2, 0.25) is 0 Å². The van der Waals surface area contributed by atoms with Gasteiger partial charge in [-0.2, -0.15) is 0 Å². The molecule has 0 atom stereocenters. The van der Waals surface area contributed by atoms with Gasteiger partial charge < -0.3 is 20.8 Å². The van der Waals surface area contributed by atoms with E-state index in [-0.39, 0.29) is 11.7 Å². The van der Waals surface area contributed by atoms with Crippen molar-refractivity contribution in [3.8, 4) is 0 Å². The van der Waals surface area contributed by atoms with Gasteiger partial charge in [-0.15, -0.1) is 0 Å². The van der Waals surface area contributed by atoms with Crippen LogP contribution in [0.25, 0.3) is 0 Å². The molecular weight excluding hydrogens is 270 g/mol. The van der Waals surface area contributed by atoms with E-state index in [1.807, 2.05) is 0 Å². The molecular formula is C14H23N5O2. The Kier molecular flexibility index (Phi) is 4.82. The number of carbonyl (C=O) groups is 1. The zero-order valence-corrected chi connectivity index (χ0v) is 12.4. The average molecular weight is 293 g/mol. The minimum Gasteiger partial charge on any atom is -0.409 e. The molecule has 0 aromatic carbocycles. The molecule has 7 heteroatoms. The van der Waals surface area contributed by atoms with Crippen molar-refractivity contribution >= 4 is 11.7 Å². The number of rotatable bonds is 3. The molecule has 0 bridgehead atoms. The zero-order chi connectivity index (χ0) is 15.3. The Morgan fingerprint density at radius 3 is 2.52 bits per heavy atom. The van der Waals surface area contributed by atoms with Crippen molar-refractivity contribution in [3.05, 3.63) is 18.2 Å². The van der Waals surface area contributed by atoms with E-state index in [9.17, 15) is 4.79 Å². The van der Waals surface area contributed by atoms with E-state index in [4.69, 9.17) is 10.9 Å². The number of hydrogen-bond acceptors (Lipinski definition) is 4. The molecule has 7 nitrogen and oxygen atoms in total. The standard InChI is InChI=1S/C14H23N5O2/c1-19-9-11(16-10-19)12(20)17-14(13(15)18-21)7-5-3-2-4-6-8-14/h9-10,21H,2-8H2,1H3,(H2,15,18)(H,17,20). The summed E-state index contributed by atoms with van der Waals surface area (Å²) < 4.78 is 1.71. The number of amidine groups is 1. The van der Waals surface area contributed by atoms with Gasteiger partial charge in [-0.05, 0) is 12.8 Å². The second-order valence-corrected chi connectivity index (χ2v) is 5.71. The van der Waals surface area contributed by atoms with Crippen molar-refractivity contribution in [2.24, 2.45) is 17.9 Å². The fourth-order valence-electron chi connectivity index (χ4n) is 2.86. The summed E-state index contributed by atoms with van der Waals surface area (Å²) in [5, 5.41) is 15.2. The Bertz CT molecular complexity index is 515. The molecule has 1 heterocycles. The zero-order valence-electron chi connectivity index (χ0n) is 12.4. The minimum absolute atomic E-state index is 0.0775. The molecule has 1 aromatic heterocycles. The van der Waals surface area contributed by atoms with Crippen molar-refractivity contribution < 1.29 is 10.0 Å². The smallest absolute Gasteiger partial charge is 0.272 e. The topological polar surface area (TPSA) is 106 Å². The third-order valence-corrected chi connectivity index (χ3v) is 4.10. The number of aromatic nitrogens is 2. The molecule has 4 N–H and O–H groups in total. The van der Waals surface area contributed by atoms with Crippen LogP contribution in [0.2, 0.25) is 0 Å². The monoisotopic (exact) mass is 293 g/mol. The highest BCUT2D eigenvalue weighted by Crippen LogP contribution is 2.27. The summed E-state index contributed by atoms with van der Waals surface area (Å²) in [5.41, 5.74) is 5.46. The van der Waals surface area contributed by atoms with Gasteiger partial charge in [0.25, 0.3) is 5.91 Å². The number of amides is 1. The number of nitrogens with two attached hydrogens (primary N) is 1. The lowest BCUT2D eigenvalue weighted by molar-refractivity contribution is 0.0905. The highest BCUT2D eigenvalue weighted by atomic mass is 16.4. The predicted molar refractivity (Wildman–Crippen MR) is 79.1 cm³/mol. The molecule has 1 aromatic rings. The first-order valence-corrected chi connectivity index (χ1v) is 7.36. The van der Waals surface area contributed by atoms with Crippen molar-refractivity contribution in [1.82, 2.24) is 14.9 Å². The van der Waals surface area contributed by atoms with E-state index < -0.39 is 5.54 Å². The Balaban J connectivity index is 2.20. The SMILES string of the molecule is Cn1cnc(C(=O)NC2(C(N)=NO)CCCCCCC2)c1. The summed E-state index contributed by atoms with van der Waals surface area (Å²) in [6.45, 7) is 0. The summed E-state index contributed by atoms with van der Waals surface area (Å²) in [6, 6.07) is 0. The van der Waals surface area contributed by atoms with Crippen LogP contribution >= 0.6 is 0 Å². The molecule has 116 valence electrons. The van der Waals surface area contributed by atoms with E-state index in [0.717, 1.165) is 25.7 Å². The molecule has 0 unspecified atom stereocenters. The Hall–Kier alpha value is -2.05. The Morgan fingerprint density at radius 2 is 2.00 bits per heavy atom. The summed E-state index contributed by atoms with van der Waals surface area (Å²) in [4.78, 5) is 16.4. The summed E-state index contributed by atoms with van der Waals surface area (Å²) >= 11 is 0. The number of aryl methyl sites for hydroxylation is 1. The number of carbonyl (C=O) groups excluding carboxylic acids is 1. The molecule has 1 fully saturated rings. The van der Waals surface area contributed by atoms with Crippen LogP contribution in [0.15, 0.2) is 17.7 Å². The fraction of sp³-hybridized carbons (Fsp3) is 0.643. The largest absolute Gasteiger partial charge is 0.409 e. The molecule has 2 rings (SSSR count). The van der Waals surface area contributed by atoms with Crippen LogP contribution < -0.4 is 11.1 Å². The van der Waals surface area contributed by atoms with Crippen molar-refractivity contribution in [1.29, 1.82) is 0 Å². The van der Waals surface area contributed by atoms with Crippen molar-refractivity contribution in [2.45, 2.75) is 50.5 Å². The second-order valence-electron chi connectivity index (χ2n) is 5.71.